The number of anilines is 1. The molecule has 4 rings (SSSR count). The highest BCUT2D eigenvalue weighted by molar-refractivity contribution is 6.06. The number of amides is 2. The molecule has 7 nitrogen and oxygen atoms in total. The third kappa shape index (κ3) is 5.50. The zero-order chi connectivity index (χ0) is 25.1. The van der Waals surface area contributed by atoms with Crippen LogP contribution in [0.25, 0.3) is 10.9 Å². The minimum absolute atomic E-state index is 0.212. The Labute approximate surface area is 205 Å². The Hall–Kier alpha value is -3.74. The Bertz CT molecular complexity index is 1310. The maximum absolute atomic E-state index is 13.1. The summed E-state index contributed by atoms with van der Waals surface area (Å²) >= 11 is 0. The van der Waals surface area contributed by atoms with Gasteiger partial charge in [-0.15, -0.1) is 0 Å². The van der Waals surface area contributed by atoms with E-state index in [9.17, 15) is 14.4 Å². The average molecular weight is 474 g/mol. The average Bonchev–Trinajstić information content (AvgIpc) is 2.82. The minimum Gasteiger partial charge on any atom is -0.452 e. The van der Waals surface area contributed by atoms with Crippen molar-refractivity contribution in [1.29, 1.82) is 0 Å². The van der Waals surface area contributed by atoms with Crippen molar-refractivity contribution in [2.24, 2.45) is 0 Å². The molecule has 0 spiro atoms. The largest absolute Gasteiger partial charge is 0.452 e. The van der Waals surface area contributed by atoms with Crippen LogP contribution in [-0.2, 0) is 27.2 Å². The molecule has 0 radical (unpaired) electrons. The molecular weight excluding hydrogens is 442 g/mol. The monoisotopic (exact) mass is 473 g/mol. The van der Waals surface area contributed by atoms with E-state index < -0.39 is 18.5 Å². The highest BCUT2D eigenvalue weighted by Crippen LogP contribution is 2.30. The number of rotatable bonds is 6. The standard InChI is InChI=1S/C28H31N3O4/c1-16-9-10-23-21(13-16)26(20-7-5-6-8-22(20)30-23)28(34)35-15-25(33)29-14-24(32)31-27-18(3)11-17(2)12-19(27)4/h9-13H,5-8,14-15H2,1-4H3,(H,29,33)(H,31,32). The van der Waals surface area contributed by atoms with E-state index >= 15 is 0 Å². The van der Waals surface area contributed by atoms with Crippen molar-refractivity contribution in [3.8, 4) is 0 Å². The third-order valence-electron chi connectivity index (χ3n) is 6.34. The fraction of sp³-hybridized carbons (Fsp3) is 0.357. The van der Waals surface area contributed by atoms with Gasteiger partial charge in [0.1, 0.15) is 0 Å². The van der Waals surface area contributed by atoms with Gasteiger partial charge in [-0.2, -0.15) is 0 Å². The van der Waals surface area contributed by atoms with Gasteiger partial charge in [-0.1, -0.05) is 29.3 Å². The van der Waals surface area contributed by atoms with Crippen LogP contribution in [0.2, 0.25) is 0 Å². The molecule has 0 atom stereocenters. The maximum atomic E-state index is 13.1. The quantitative estimate of drug-likeness (QED) is 0.522. The van der Waals surface area contributed by atoms with Crippen LogP contribution in [-0.4, -0.2) is 35.9 Å². The Morgan fingerprint density at radius 3 is 2.37 bits per heavy atom. The Morgan fingerprint density at radius 1 is 0.914 bits per heavy atom. The summed E-state index contributed by atoms with van der Waals surface area (Å²) in [5.74, 6) is -1.41. The number of carbonyl (C=O) groups excluding carboxylic acids is 3. The lowest BCUT2D eigenvalue weighted by Crippen LogP contribution is -2.36. The first-order valence-electron chi connectivity index (χ1n) is 12.0. The van der Waals surface area contributed by atoms with Crippen LogP contribution < -0.4 is 10.6 Å². The second kappa shape index (κ2) is 10.3. The Kier molecular flexibility index (Phi) is 7.15. The summed E-state index contributed by atoms with van der Waals surface area (Å²) in [5.41, 5.74) is 7.91. The number of esters is 1. The Balaban J connectivity index is 1.40. The van der Waals surface area contributed by atoms with Crippen LogP contribution in [0.4, 0.5) is 5.69 Å². The number of hydrogen-bond acceptors (Lipinski definition) is 5. The van der Waals surface area contributed by atoms with E-state index in [1.165, 1.54) is 0 Å². The van der Waals surface area contributed by atoms with Gasteiger partial charge in [-0.25, -0.2) is 4.79 Å². The predicted molar refractivity (Wildman–Crippen MR) is 136 cm³/mol. The number of aryl methyl sites for hydroxylation is 5. The summed E-state index contributed by atoms with van der Waals surface area (Å²) in [4.78, 5) is 42.6. The topological polar surface area (TPSA) is 97.4 Å². The molecule has 0 saturated heterocycles. The molecule has 1 aromatic heterocycles. The molecule has 2 aromatic carbocycles. The van der Waals surface area contributed by atoms with Gasteiger partial charge >= 0.3 is 5.97 Å². The number of fused-ring (bicyclic) bond motifs is 2. The van der Waals surface area contributed by atoms with Crippen molar-refractivity contribution >= 4 is 34.4 Å². The number of aromatic nitrogens is 1. The molecule has 0 unspecified atom stereocenters. The van der Waals surface area contributed by atoms with E-state index in [-0.39, 0.29) is 12.5 Å². The molecular formula is C28H31N3O4. The summed E-state index contributed by atoms with van der Waals surface area (Å²) in [6, 6.07) is 9.80. The van der Waals surface area contributed by atoms with Crippen molar-refractivity contribution in [3.05, 3.63) is 69.4 Å². The number of carbonyl (C=O) groups is 3. The molecule has 0 saturated carbocycles. The van der Waals surface area contributed by atoms with Crippen molar-refractivity contribution in [2.45, 2.75) is 53.4 Å². The van der Waals surface area contributed by atoms with Crippen LogP contribution in [0.15, 0.2) is 30.3 Å². The van der Waals surface area contributed by atoms with Crippen molar-refractivity contribution < 1.29 is 19.1 Å². The molecule has 182 valence electrons. The summed E-state index contributed by atoms with van der Waals surface area (Å²) in [7, 11) is 0. The molecule has 0 bridgehead atoms. The molecule has 1 aliphatic rings. The highest BCUT2D eigenvalue weighted by atomic mass is 16.5. The van der Waals surface area contributed by atoms with E-state index in [4.69, 9.17) is 9.72 Å². The first-order valence-corrected chi connectivity index (χ1v) is 12.0. The van der Waals surface area contributed by atoms with Gasteiger partial charge in [0.15, 0.2) is 6.61 Å². The number of hydrogen-bond donors (Lipinski definition) is 2. The van der Waals surface area contributed by atoms with Crippen LogP contribution >= 0.6 is 0 Å². The van der Waals surface area contributed by atoms with Crippen molar-refractivity contribution in [2.75, 3.05) is 18.5 Å². The summed E-state index contributed by atoms with van der Waals surface area (Å²) < 4.78 is 5.40. The molecule has 1 aliphatic carbocycles. The lowest BCUT2D eigenvalue weighted by Gasteiger charge is -2.20. The van der Waals surface area contributed by atoms with Gasteiger partial charge in [0.25, 0.3) is 5.91 Å². The predicted octanol–water partition coefficient (Wildman–Crippen LogP) is 4.26. The van der Waals surface area contributed by atoms with E-state index in [1.807, 2.05) is 58.0 Å². The van der Waals surface area contributed by atoms with Crippen molar-refractivity contribution in [3.63, 3.8) is 0 Å². The molecule has 1 heterocycles. The smallest absolute Gasteiger partial charge is 0.339 e. The van der Waals surface area contributed by atoms with Crippen LogP contribution in [0.3, 0.4) is 0 Å². The van der Waals surface area contributed by atoms with Gasteiger partial charge in [-0.3, -0.25) is 14.6 Å². The van der Waals surface area contributed by atoms with E-state index in [0.717, 1.165) is 75.8 Å². The molecule has 2 amide bonds. The lowest BCUT2D eigenvalue weighted by atomic mass is 9.89. The van der Waals surface area contributed by atoms with Gasteiger partial charge in [0.05, 0.1) is 17.6 Å². The molecule has 35 heavy (non-hydrogen) atoms. The second-order valence-corrected chi connectivity index (χ2v) is 9.31. The SMILES string of the molecule is Cc1cc(C)c(NC(=O)CNC(=O)COC(=O)c2c3c(nc4ccc(C)cc24)CCCC3)c(C)c1. The molecule has 0 fully saturated rings. The first kappa shape index (κ1) is 24.4. The highest BCUT2D eigenvalue weighted by Gasteiger charge is 2.24. The first-order chi connectivity index (χ1) is 16.7. The number of benzene rings is 2. The zero-order valence-electron chi connectivity index (χ0n) is 20.7. The number of pyridine rings is 1. The van der Waals surface area contributed by atoms with Gasteiger partial charge < -0.3 is 15.4 Å². The normalized spacial score (nSPS) is 12.7. The van der Waals surface area contributed by atoms with Gasteiger partial charge in [-0.05, 0) is 82.2 Å². The fourth-order valence-corrected chi connectivity index (χ4v) is 4.76. The van der Waals surface area contributed by atoms with E-state index in [2.05, 4.69) is 10.6 Å². The maximum Gasteiger partial charge on any atom is 0.339 e. The third-order valence-corrected chi connectivity index (χ3v) is 6.34. The molecule has 2 N–H and O–H groups in total. The number of nitrogens with one attached hydrogen (secondary N) is 2. The summed E-state index contributed by atoms with van der Waals surface area (Å²) in [5, 5.41) is 6.12. The molecule has 3 aromatic rings. The van der Waals surface area contributed by atoms with Gasteiger partial charge in [0.2, 0.25) is 5.91 Å². The van der Waals surface area contributed by atoms with E-state index in [1.54, 1.807) is 0 Å². The van der Waals surface area contributed by atoms with Crippen LogP contribution in [0.5, 0.6) is 0 Å². The summed E-state index contributed by atoms with van der Waals surface area (Å²) in [6.07, 6.45) is 3.62. The number of ether oxygens (including phenoxy) is 1. The Morgan fingerprint density at radius 2 is 1.63 bits per heavy atom. The van der Waals surface area contributed by atoms with Crippen LogP contribution in [0, 0.1) is 27.7 Å². The fourth-order valence-electron chi connectivity index (χ4n) is 4.76. The minimum atomic E-state index is -0.536. The van der Waals surface area contributed by atoms with Crippen molar-refractivity contribution in [1.82, 2.24) is 10.3 Å². The second-order valence-electron chi connectivity index (χ2n) is 9.31. The molecule has 0 aliphatic heterocycles. The van der Waals surface area contributed by atoms with Crippen LogP contribution in [0.1, 0.15) is 56.7 Å². The molecule has 7 heteroatoms. The van der Waals surface area contributed by atoms with E-state index in [0.29, 0.717) is 5.56 Å². The number of nitrogens with zero attached hydrogens (tertiary/aromatic N) is 1. The van der Waals surface area contributed by atoms with Gasteiger partial charge in [0, 0.05) is 16.8 Å². The zero-order valence-corrected chi connectivity index (χ0v) is 20.7. The lowest BCUT2D eigenvalue weighted by molar-refractivity contribution is -0.126. The summed E-state index contributed by atoms with van der Waals surface area (Å²) in [6.45, 7) is 7.15.